The Hall–Kier alpha value is -1.42. The van der Waals surface area contributed by atoms with E-state index in [2.05, 4.69) is 15.9 Å². The topological polar surface area (TPSA) is 9.23 Å². The van der Waals surface area contributed by atoms with E-state index in [0.717, 1.165) is 5.56 Å². The van der Waals surface area contributed by atoms with Gasteiger partial charge in [-0.2, -0.15) is 0 Å². The summed E-state index contributed by atoms with van der Waals surface area (Å²) in [6, 6.07) is 10.9. The molecule has 2 rings (SSSR count). The molecule has 0 radical (unpaired) electrons. The molecule has 0 saturated carbocycles. The van der Waals surface area contributed by atoms with E-state index < -0.39 is 0 Å². The third-order valence-electron chi connectivity index (χ3n) is 2.87. The quantitative estimate of drug-likeness (QED) is 0.743. The van der Waals surface area contributed by atoms with Crippen molar-refractivity contribution < 1.29 is 13.5 Å². The Balaban J connectivity index is 2.24. The van der Waals surface area contributed by atoms with E-state index in [0.29, 0.717) is 17.7 Å². The Bertz CT molecular complexity index is 555. The molecule has 1 unspecified atom stereocenters. The van der Waals surface area contributed by atoms with Crippen molar-refractivity contribution >= 4 is 15.9 Å². The van der Waals surface area contributed by atoms with E-state index in [1.807, 2.05) is 0 Å². The third kappa shape index (κ3) is 3.32. The zero-order valence-corrected chi connectivity index (χ0v) is 12.0. The second-order valence-corrected chi connectivity index (χ2v) is 5.26. The van der Waals surface area contributed by atoms with Crippen LogP contribution in [0.5, 0.6) is 5.75 Å². The van der Waals surface area contributed by atoms with Crippen LogP contribution in [0.25, 0.3) is 0 Å². The lowest BCUT2D eigenvalue weighted by molar-refractivity contribution is 0.404. The molecule has 0 amide bonds. The van der Waals surface area contributed by atoms with Crippen LogP contribution in [0.15, 0.2) is 42.5 Å². The summed E-state index contributed by atoms with van der Waals surface area (Å²) in [5.41, 5.74) is 1.41. The Labute approximate surface area is 119 Å². The van der Waals surface area contributed by atoms with Crippen molar-refractivity contribution in [1.82, 2.24) is 0 Å². The lowest BCUT2D eigenvalue weighted by Crippen LogP contribution is -2.02. The lowest BCUT2D eigenvalue weighted by Gasteiger charge is -2.15. The maximum absolute atomic E-state index is 13.9. The third-order valence-corrected chi connectivity index (χ3v) is 3.66. The first kappa shape index (κ1) is 14.0. The van der Waals surface area contributed by atoms with Gasteiger partial charge in [-0.3, -0.25) is 0 Å². The second kappa shape index (κ2) is 6.15. The highest BCUT2D eigenvalue weighted by atomic mass is 79.9. The monoisotopic (exact) mass is 326 g/mol. The molecule has 0 aliphatic heterocycles. The first-order valence-corrected chi connectivity index (χ1v) is 6.74. The van der Waals surface area contributed by atoms with Gasteiger partial charge in [-0.05, 0) is 36.2 Å². The fourth-order valence-electron chi connectivity index (χ4n) is 1.93. The number of hydrogen-bond acceptors (Lipinski definition) is 1. The molecule has 0 heterocycles. The molecular weight excluding hydrogens is 314 g/mol. The van der Waals surface area contributed by atoms with E-state index in [4.69, 9.17) is 4.74 Å². The molecule has 0 fully saturated rings. The highest BCUT2D eigenvalue weighted by molar-refractivity contribution is 9.09. The number of ether oxygens (including phenoxy) is 1. The van der Waals surface area contributed by atoms with Gasteiger partial charge in [0.1, 0.15) is 17.4 Å². The molecule has 19 heavy (non-hydrogen) atoms. The minimum atomic E-state index is -0.316. The molecule has 1 nitrogen and oxygen atoms in total. The summed E-state index contributed by atoms with van der Waals surface area (Å²) in [5.74, 6) is -0.0920. The average Bonchev–Trinajstić information content (AvgIpc) is 2.40. The fraction of sp³-hybridized carbons (Fsp3) is 0.200. The SMILES string of the molecule is COc1cccc(F)c1C(Br)Cc1ccc(F)cc1. The predicted octanol–water partition coefficient (Wildman–Crippen LogP) is 4.65. The van der Waals surface area contributed by atoms with Crippen molar-refractivity contribution in [2.75, 3.05) is 7.11 Å². The number of halogens is 3. The van der Waals surface area contributed by atoms with Crippen molar-refractivity contribution in [3.8, 4) is 5.75 Å². The molecule has 0 aliphatic rings. The molecule has 0 aromatic heterocycles. The van der Waals surface area contributed by atoms with Crippen LogP contribution >= 0.6 is 15.9 Å². The summed E-state index contributed by atoms with van der Waals surface area (Å²) in [4.78, 5) is -0.228. The zero-order valence-electron chi connectivity index (χ0n) is 10.4. The van der Waals surface area contributed by atoms with Crippen LogP contribution in [0.1, 0.15) is 16.0 Å². The summed E-state index contributed by atoms with van der Waals surface area (Å²) in [6.07, 6.45) is 0.553. The minimum absolute atomic E-state index is 0.228. The molecule has 1 atom stereocenters. The molecule has 0 saturated heterocycles. The van der Waals surface area contributed by atoms with Crippen molar-refractivity contribution in [2.24, 2.45) is 0 Å². The van der Waals surface area contributed by atoms with Crippen LogP contribution in [0.2, 0.25) is 0 Å². The normalized spacial score (nSPS) is 12.2. The van der Waals surface area contributed by atoms with Crippen molar-refractivity contribution in [2.45, 2.75) is 11.2 Å². The first-order valence-electron chi connectivity index (χ1n) is 5.82. The highest BCUT2D eigenvalue weighted by Crippen LogP contribution is 2.35. The Morgan fingerprint density at radius 1 is 1.11 bits per heavy atom. The predicted molar refractivity (Wildman–Crippen MR) is 74.7 cm³/mol. The van der Waals surface area contributed by atoms with Gasteiger partial charge in [-0.15, -0.1) is 0 Å². The van der Waals surface area contributed by atoms with Gasteiger partial charge in [0.15, 0.2) is 0 Å². The average molecular weight is 327 g/mol. The Morgan fingerprint density at radius 2 is 1.79 bits per heavy atom. The van der Waals surface area contributed by atoms with Crippen molar-refractivity contribution in [3.05, 3.63) is 65.2 Å². The smallest absolute Gasteiger partial charge is 0.131 e. The van der Waals surface area contributed by atoms with Crippen LogP contribution in [-0.4, -0.2) is 7.11 Å². The second-order valence-electron chi connectivity index (χ2n) is 4.15. The summed E-state index contributed by atoms with van der Waals surface area (Å²) in [7, 11) is 1.51. The molecule has 0 spiro atoms. The summed E-state index contributed by atoms with van der Waals surface area (Å²) in [6.45, 7) is 0. The van der Waals surface area contributed by atoms with E-state index >= 15 is 0 Å². The van der Waals surface area contributed by atoms with Crippen molar-refractivity contribution in [3.63, 3.8) is 0 Å². The van der Waals surface area contributed by atoms with Gasteiger partial charge >= 0.3 is 0 Å². The number of benzene rings is 2. The number of methoxy groups -OCH3 is 1. The summed E-state index contributed by atoms with van der Waals surface area (Å²) in [5, 5.41) is 0. The molecule has 0 N–H and O–H groups in total. The van der Waals surface area contributed by atoms with Gasteiger partial charge in [0, 0.05) is 5.56 Å². The van der Waals surface area contributed by atoms with E-state index in [1.165, 1.54) is 25.3 Å². The molecular formula is C15H13BrF2O. The zero-order chi connectivity index (χ0) is 13.8. The lowest BCUT2D eigenvalue weighted by atomic mass is 10.0. The fourth-order valence-corrected chi connectivity index (χ4v) is 2.75. The molecule has 4 heteroatoms. The largest absolute Gasteiger partial charge is 0.496 e. The van der Waals surface area contributed by atoms with Gasteiger partial charge in [-0.25, -0.2) is 8.78 Å². The molecule has 2 aromatic carbocycles. The van der Waals surface area contributed by atoms with Crippen LogP contribution in [0.4, 0.5) is 8.78 Å². The van der Waals surface area contributed by atoms with E-state index in [1.54, 1.807) is 24.3 Å². The van der Waals surface area contributed by atoms with Gasteiger partial charge in [-0.1, -0.05) is 34.1 Å². The van der Waals surface area contributed by atoms with Crippen LogP contribution < -0.4 is 4.74 Å². The standard InChI is InChI=1S/C15H13BrF2O/c1-19-14-4-2-3-13(18)15(14)12(16)9-10-5-7-11(17)8-6-10/h2-8,12H,9H2,1H3. The molecule has 100 valence electrons. The van der Waals surface area contributed by atoms with Gasteiger partial charge in [0.25, 0.3) is 0 Å². The summed E-state index contributed by atoms with van der Waals surface area (Å²) < 4.78 is 31.9. The molecule has 0 bridgehead atoms. The van der Waals surface area contributed by atoms with E-state index in [9.17, 15) is 8.78 Å². The highest BCUT2D eigenvalue weighted by Gasteiger charge is 2.18. The Kier molecular flexibility index (Phi) is 4.53. The van der Waals surface area contributed by atoms with Crippen LogP contribution in [0, 0.1) is 11.6 Å². The minimum Gasteiger partial charge on any atom is -0.496 e. The van der Waals surface area contributed by atoms with Gasteiger partial charge < -0.3 is 4.74 Å². The van der Waals surface area contributed by atoms with E-state index in [-0.39, 0.29) is 16.5 Å². The first-order chi connectivity index (χ1) is 9.11. The molecule has 0 aliphatic carbocycles. The van der Waals surface area contributed by atoms with Gasteiger partial charge in [0.2, 0.25) is 0 Å². The van der Waals surface area contributed by atoms with Crippen molar-refractivity contribution in [1.29, 1.82) is 0 Å². The summed E-state index contributed by atoms with van der Waals surface area (Å²) >= 11 is 3.47. The van der Waals surface area contributed by atoms with Gasteiger partial charge in [0.05, 0.1) is 11.9 Å². The number of rotatable bonds is 4. The Morgan fingerprint density at radius 3 is 2.42 bits per heavy atom. The van der Waals surface area contributed by atoms with Crippen LogP contribution in [-0.2, 0) is 6.42 Å². The number of hydrogen-bond donors (Lipinski definition) is 0. The maximum Gasteiger partial charge on any atom is 0.131 e. The molecule has 2 aromatic rings. The van der Waals surface area contributed by atoms with Crippen LogP contribution in [0.3, 0.4) is 0 Å². The number of alkyl halides is 1. The maximum atomic E-state index is 13.9.